The number of hydrogen-bond acceptors (Lipinski definition) is 4. The van der Waals surface area contributed by atoms with Crippen molar-refractivity contribution in [1.82, 2.24) is 4.90 Å². The van der Waals surface area contributed by atoms with Crippen LogP contribution in [-0.2, 0) is 0 Å². The fourth-order valence-electron chi connectivity index (χ4n) is 2.21. The predicted molar refractivity (Wildman–Crippen MR) is 72.3 cm³/mol. The van der Waals surface area contributed by atoms with Gasteiger partial charge in [0.2, 0.25) is 0 Å². The molecule has 2 rings (SSSR count). The summed E-state index contributed by atoms with van der Waals surface area (Å²) in [7, 11) is 0. The molecule has 0 atom stereocenters. The molecule has 6 nitrogen and oxygen atoms in total. The molecular formula is C13H12ClN3O3. The summed E-state index contributed by atoms with van der Waals surface area (Å²) in [6.07, 6.45) is 1.24. The molecule has 0 N–H and O–H groups in total. The maximum absolute atomic E-state index is 12.3. The van der Waals surface area contributed by atoms with Crippen LogP contribution in [-0.4, -0.2) is 28.8 Å². The number of nitro groups is 1. The molecule has 1 aliphatic rings. The molecule has 1 aromatic rings. The number of amides is 1. The molecule has 0 aromatic heterocycles. The van der Waals surface area contributed by atoms with Crippen LogP contribution in [0.4, 0.5) is 5.69 Å². The van der Waals surface area contributed by atoms with Crippen molar-refractivity contribution in [3.63, 3.8) is 0 Å². The van der Waals surface area contributed by atoms with Crippen molar-refractivity contribution in [2.75, 3.05) is 13.1 Å². The zero-order chi connectivity index (χ0) is 14.7. The van der Waals surface area contributed by atoms with Crippen molar-refractivity contribution in [3.8, 4) is 6.07 Å². The molecular weight excluding hydrogens is 282 g/mol. The van der Waals surface area contributed by atoms with Gasteiger partial charge in [-0.15, -0.1) is 0 Å². The van der Waals surface area contributed by atoms with Crippen LogP contribution in [0, 0.1) is 27.4 Å². The lowest BCUT2D eigenvalue weighted by atomic mass is 9.98. The molecule has 20 heavy (non-hydrogen) atoms. The van der Waals surface area contributed by atoms with Gasteiger partial charge >= 0.3 is 0 Å². The summed E-state index contributed by atoms with van der Waals surface area (Å²) in [6.45, 7) is 0.937. The molecule has 0 bridgehead atoms. The molecule has 1 aromatic carbocycles. The molecule has 0 aliphatic carbocycles. The van der Waals surface area contributed by atoms with Crippen LogP contribution < -0.4 is 0 Å². The number of rotatable bonds is 2. The topological polar surface area (TPSA) is 87.2 Å². The molecule has 104 valence electrons. The molecule has 0 unspecified atom stereocenters. The second kappa shape index (κ2) is 5.88. The number of piperidine rings is 1. The number of carbonyl (C=O) groups excluding carboxylic acids is 1. The van der Waals surface area contributed by atoms with Crippen molar-refractivity contribution < 1.29 is 9.72 Å². The largest absolute Gasteiger partial charge is 0.339 e. The molecule has 1 fully saturated rings. The van der Waals surface area contributed by atoms with Crippen LogP contribution >= 0.6 is 11.6 Å². The van der Waals surface area contributed by atoms with Gasteiger partial charge in [0.1, 0.15) is 5.02 Å². The minimum atomic E-state index is -0.610. The maximum atomic E-state index is 12.3. The third-order valence-corrected chi connectivity index (χ3v) is 3.77. The number of likely N-dealkylation sites (tertiary alicyclic amines) is 1. The van der Waals surface area contributed by atoms with E-state index in [1.165, 1.54) is 18.2 Å². The first kappa shape index (κ1) is 14.3. The van der Waals surface area contributed by atoms with Crippen molar-refractivity contribution in [1.29, 1.82) is 5.26 Å². The van der Waals surface area contributed by atoms with Crippen LogP contribution in [0.3, 0.4) is 0 Å². The molecule has 0 saturated carbocycles. The number of hydrogen-bond donors (Lipinski definition) is 0. The second-order valence-electron chi connectivity index (χ2n) is 4.59. The molecule has 1 amide bonds. The van der Waals surface area contributed by atoms with Gasteiger partial charge in [-0.25, -0.2) is 0 Å². The lowest BCUT2D eigenvalue weighted by Gasteiger charge is -2.29. The summed E-state index contributed by atoms with van der Waals surface area (Å²) >= 11 is 5.93. The Labute approximate surface area is 120 Å². The summed E-state index contributed by atoms with van der Waals surface area (Å²) in [4.78, 5) is 24.1. The molecule has 7 heteroatoms. The van der Waals surface area contributed by atoms with E-state index in [0.717, 1.165) is 0 Å². The van der Waals surface area contributed by atoms with Crippen LogP contribution in [0.15, 0.2) is 18.2 Å². The standard InChI is InChI=1S/C13H12ClN3O3/c14-12-10(2-1-3-11(12)17(19)20)13(18)16-6-4-9(8-15)5-7-16/h1-3,9H,4-7H2. The van der Waals surface area contributed by atoms with E-state index < -0.39 is 4.92 Å². The van der Waals surface area contributed by atoms with Gasteiger partial charge in [-0.3, -0.25) is 14.9 Å². The summed E-state index contributed by atoms with van der Waals surface area (Å²) in [5, 5.41) is 19.5. The normalized spacial score (nSPS) is 15.7. The van der Waals surface area contributed by atoms with E-state index >= 15 is 0 Å². The zero-order valence-corrected chi connectivity index (χ0v) is 11.3. The monoisotopic (exact) mass is 293 g/mol. The van der Waals surface area contributed by atoms with E-state index in [4.69, 9.17) is 16.9 Å². The van der Waals surface area contributed by atoms with Gasteiger partial charge in [-0.2, -0.15) is 5.26 Å². The van der Waals surface area contributed by atoms with Crippen molar-refractivity contribution >= 4 is 23.2 Å². The average molecular weight is 294 g/mol. The number of halogens is 1. The first-order valence-corrected chi connectivity index (χ1v) is 6.54. The van der Waals surface area contributed by atoms with Crippen molar-refractivity contribution in [3.05, 3.63) is 38.9 Å². The minimum Gasteiger partial charge on any atom is -0.339 e. The van der Waals surface area contributed by atoms with E-state index in [1.807, 2.05) is 0 Å². The van der Waals surface area contributed by atoms with Gasteiger partial charge in [-0.05, 0) is 18.9 Å². The fourth-order valence-corrected chi connectivity index (χ4v) is 2.48. The van der Waals surface area contributed by atoms with E-state index in [9.17, 15) is 14.9 Å². The van der Waals surface area contributed by atoms with Crippen LogP contribution in [0.5, 0.6) is 0 Å². The van der Waals surface area contributed by atoms with E-state index in [1.54, 1.807) is 4.90 Å². The number of benzene rings is 1. The summed E-state index contributed by atoms with van der Waals surface area (Å²) < 4.78 is 0. The number of nitro benzene ring substituents is 1. The Bertz CT molecular complexity index is 589. The smallest absolute Gasteiger partial charge is 0.288 e. The van der Waals surface area contributed by atoms with E-state index in [-0.39, 0.29) is 28.1 Å². The van der Waals surface area contributed by atoms with E-state index in [2.05, 4.69) is 6.07 Å². The average Bonchev–Trinajstić information content (AvgIpc) is 2.46. The zero-order valence-electron chi connectivity index (χ0n) is 10.6. The van der Waals surface area contributed by atoms with Gasteiger partial charge in [0.05, 0.1) is 16.6 Å². The number of nitrogens with zero attached hydrogens (tertiary/aromatic N) is 3. The summed E-state index contributed by atoms with van der Waals surface area (Å²) in [5.74, 6) is -0.352. The van der Waals surface area contributed by atoms with E-state index in [0.29, 0.717) is 25.9 Å². The highest BCUT2D eigenvalue weighted by Gasteiger charge is 2.27. The Balaban J connectivity index is 2.21. The van der Waals surface area contributed by atoms with Gasteiger partial charge in [0.25, 0.3) is 11.6 Å². The third kappa shape index (κ3) is 2.73. The van der Waals surface area contributed by atoms with Crippen LogP contribution in [0.25, 0.3) is 0 Å². The number of carbonyl (C=O) groups is 1. The first-order valence-electron chi connectivity index (χ1n) is 6.16. The lowest BCUT2D eigenvalue weighted by Crippen LogP contribution is -2.38. The Morgan fingerprint density at radius 2 is 2.10 bits per heavy atom. The van der Waals surface area contributed by atoms with Crippen LogP contribution in [0.2, 0.25) is 5.02 Å². The molecule has 0 radical (unpaired) electrons. The highest BCUT2D eigenvalue weighted by atomic mass is 35.5. The first-order chi connectivity index (χ1) is 9.54. The van der Waals surface area contributed by atoms with Crippen molar-refractivity contribution in [2.24, 2.45) is 5.92 Å². The highest BCUT2D eigenvalue weighted by Crippen LogP contribution is 2.29. The number of nitriles is 1. The predicted octanol–water partition coefficient (Wildman–Crippen LogP) is 2.62. The summed E-state index contributed by atoms with van der Waals surface area (Å²) in [6, 6.07) is 6.37. The lowest BCUT2D eigenvalue weighted by molar-refractivity contribution is -0.384. The van der Waals surface area contributed by atoms with Crippen molar-refractivity contribution in [2.45, 2.75) is 12.8 Å². The summed E-state index contributed by atoms with van der Waals surface area (Å²) in [5.41, 5.74) is -0.138. The Hall–Kier alpha value is -2.13. The van der Waals surface area contributed by atoms with Gasteiger partial charge in [0, 0.05) is 25.1 Å². The highest BCUT2D eigenvalue weighted by molar-refractivity contribution is 6.35. The fraction of sp³-hybridized carbons (Fsp3) is 0.385. The molecule has 1 aliphatic heterocycles. The third-order valence-electron chi connectivity index (χ3n) is 3.37. The maximum Gasteiger partial charge on any atom is 0.288 e. The van der Waals surface area contributed by atoms with Gasteiger partial charge < -0.3 is 4.90 Å². The molecule has 1 heterocycles. The second-order valence-corrected chi connectivity index (χ2v) is 4.97. The Kier molecular flexibility index (Phi) is 4.20. The minimum absolute atomic E-state index is 0.0281. The van der Waals surface area contributed by atoms with Gasteiger partial charge in [0.15, 0.2) is 0 Å². The Morgan fingerprint density at radius 1 is 1.45 bits per heavy atom. The molecule has 1 saturated heterocycles. The molecule has 0 spiro atoms. The quantitative estimate of drug-likeness (QED) is 0.619. The van der Waals surface area contributed by atoms with Crippen LogP contribution in [0.1, 0.15) is 23.2 Å². The van der Waals surface area contributed by atoms with Gasteiger partial charge in [-0.1, -0.05) is 17.7 Å². The Morgan fingerprint density at radius 3 is 2.65 bits per heavy atom. The SMILES string of the molecule is N#CC1CCN(C(=O)c2cccc([N+](=O)[O-])c2Cl)CC1.